The average Bonchev–Trinajstić information content (AvgIpc) is 2.76. The number of thiophene rings is 1. The number of carbonyl (C=O) groups excluding carboxylic acids is 1. The fraction of sp³-hybridized carbons (Fsp3) is 0.214. The van der Waals surface area contributed by atoms with Crippen molar-refractivity contribution in [2.45, 2.75) is 19.9 Å². The van der Waals surface area contributed by atoms with Crippen LogP contribution in [0, 0.1) is 6.92 Å². The molecule has 0 aliphatic carbocycles. The Labute approximate surface area is 116 Å². The van der Waals surface area contributed by atoms with E-state index in [4.69, 9.17) is 11.6 Å². The van der Waals surface area contributed by atoms with Gasteiger partial charge in [-0.1, -0.05) is 29.8 Å². The molecule has 1 amide bonds. The van der Waals surface area contributed by atoms with E-state index in [2.05, 4.69) is 5.32 Å². The third kappa shape index (κ3) is 2.92. The molecule has 1 atom stereocenters. The Morgan fingerprint density at radius 2 is 2.00 bits per heavy atom. The molecule has 0 aliphatic heterocycles. The summed E-state index contributed by atoms with van der Waals surface area (Å²) in [5.41, 5.74) is 0.931. The molecule has 0 spiro atoms. The average molecular weight is 280 g/mol. The molecule has 1 unspecified atom stereocenters. The molecule has 1 heterocycles. The van der Waals surface area contributed by atoms with Gasteiger partial charge >= 0.3 is 0 Å². The van der Waals surface area contributed by atoms with E-state index in [1.54, 1.807) is 0 Å². The van der Waals surface area contributed by atoms with Gasteiger partial charge in [0.2, 0.25) is 0 Å². The van der Waals surface area contributed by atoms with Crippen molar-refractivity contribution >= 4 is 28.8 Å². The van der Waals surface area contributed by atoms with Gasteiger partial charge in [-0.15, -0.1) is 11.3 Å². The number of benzene rings is 1. The van der Waals surface area contributed by atoms with Gasteiger partial charge in [0.05, 0.1) is 10.9 Å². The van der Waals surface area contributed by atoms with Gasteiger partial charge in [0.15, 0.2) is 0 Å². The van der Waals surface area contributed by atoms with Gasteiger partial charge in [0.1, 0.15) is 0 Å². The van der Waals surface area contributed by atoms with Crippen LogP contribution in [0.15, 0.2) is 36.4 Å². The maximum absolute atomic E-state index is 12.0. The Morgan fingerprint density at radius 3 is 2.61 bits per heavy atom. The summed E-state index contributed by atoms with van der Waals surface area (Å²) in [6.07, 6.45) is 0. The molecule has 0 fully saturated rings. The van der Waals surface area contributed by atoms with Crippen LogP contribution in [0.3, 0.4) is 0 Å². The summed E-state index contributed by atoms with van der Waals surface area (Å²) in [6.45, 7) is 3.92. The van der Waals surface area contributed by atoms with Crippen LogP contribution in [0.4, 0.5) is 0 Å². The molecule has 0 radical (unpaired) electrons. The normalized spacial score (nSPS) is 12.2. The number of hydrogen-bond acceptors (Lipinski definition) is 2. The van der Waals surface area contributed by atoms with Crippen LogP contribution in [-0.2, 0) is 0 Å². The lowest BCUT2D eigenvalue weighted by Crippen LogP contribution is -2.26. The van der Waals surface area contributed by atoms with Gasteiger partial charge in [-0.25, -0.2) is 0 Å². The molecular weight excluding hydrogens is 266 g/mol. The summed E-state index contributed by atoms with van der Waals surface area (Å²) in [7, 11) is 0. The third-order valence-corrected chi connectivity index (χ3v) is 4.03. The van der Waals surface area contributed by atoms with Crippen molar-refractivity contribution < 1.29 is 4.79 Å². The van der Waals surface area contributed by atoms with E-state index in [-0.39, 0.29) is 11.9 Å². The predicted molar refractivity (Wildman–Crippen MR) is 76.4 cm³/mol. The zero-order chi connectivity index (χ0) is 13.1. The van der Waals surface area contributed by atoms with Crippen LogP contribution < -0.4 is 5.32 Å². The third-order valence-electron chi connectivity index (χ3n) is 2.68. The van der Waals surface area contributed by atoms with E-state index >= 15 is 0 Å². The summed E-state index contributed by atoms with van der Waals surface area (Å²) in [5.74, 6) is -0.0551. The van der Waals surface area contributed by atoms with Crippen molar-refractivity contribution in [3.05, 3.63) is 56.7 Å². The van der Waals surface area contributed by atoms with Crippen LogP contribution in [0.1, 0.15) is 33.1 Å². The van der Waals surface area contributed by atoms with Crippen LogP contribution in [-0.4, -0.2) is 5.91 Å². The number of aryl methyl sites for hydroxylation is 1. The van der Waals surface area contributed by atoms with Crippen molar-refractivity contribution in [2.75, 3.05) is 0 Å². The van der Waals surface area contributed by atoms with Crippen LogP contribution in [0.5, 0.6) is 0 Å². The largest absolute Gasteiger partial charge is 0.345 e. The molecule has 0 saturated heterocycles. The fourth-order valence-electron chi connectivity index (χ4n) is 1.73. The van der Waals surface area contributed by atoms with Crippen LogP contribution >= 0.6 is 22.9 Å². The van der Waals surface area contributed by atoms with Crippen molar-refractivity contribution in [1.82, 2.24) is 5.32 Å². The first-order chi connectivity index (χ1) is 8.58. The highest BCUT2D eigenvalue weighted by Gasteiger charge is 2.14. The van der Waals surface area contributed by atoms with Crippen molar-refractivity contribution in [2.24, 2.45) is 0 Å². The SMILES string of the molecule is Cc1ccc(C(=O)NC(C)c2ccccc2Cl)s1. The molecule has 0 bridgehead atoms. The number of hydrogen-bond donors (Lipinski definition) is 1. The first-order valence-corrected chi connectivity index (χ1v) is 6.89. The molecule has 4 heteroatoms. The summed E-state index contributed by atoms with van der Waals surface area (Å²) >= 11 is 7.60. The second-order valence-electron chi connectivity index (χ2n) is 4.13. The molecular formula is C14H14ClNOS. The summed E-state index contributed by atoms with van der Waals surface area (Å²) in [6, 6.07) is 11.2. The molecule has 1 N–H and O–H groups in total. The summed E-state index contributed by atoms with van der Waals surface area (Å²) < 4.78 is 0. The van der Waals surface area contributed by atoms with Gasteiger partial charge in [0.25, 0.3) is 5.91 Å². The lowest BCUT2D eigenvalue weighted by Gasteiger charge is -2.15. The summed E-state index contributed by atoms with van der Waals surface area (Å²) in [5, 5.41) is 3.63. The highest BCUT2D eigenvalue weighted by molar-refractivity contribution is 7.13. The molecule has 2 aromatic rings. The Morgan fingerprint density at radius 1 is 1.28 bits per heavy atom. The number of halogens is 1. The maximum atomic E-state index is 12.0. The number of carbonyl (C=O) groups is 1. The first-order valence-electron chi connectivity index (χ1n) is 5.69. The van der Waals surface area contributed by atoms with Crippen molar-refractivity contribution in [1.29, 1.82) is 0 Å². The Balaban J connectivity index is 2.10. The second kappa shape index (κ2) is 5.55. The van der Waals surface area contributed by atoms with E-state index in [0.717, 1.165) is 15.3 Å². The molecule has 1 aromatic heterocycles. The van der Waals surface area contributed by atoms with Gasteiger partial charge in [0, 0.05) is 9.90 Å². The number of amides is 1. The van der Waals surface area contributed by atoms with Crippen molar-refractivity contribution in [3.63, 3.8) is 0 Å². The molecule has 0 saturated carbocycles. The molecule has 18 heavy (non-hydrogen) atoms. The van der Waals surface area contributed by atoms with E-state index in [1.807, 2.05) is 50.2 Å². The number of nitrogens with one attached hydrogen (secondary N) is 1. The van der Waals surface area contributed by atoms with Crippen LogP contribution in [0.2, 0.25) is 5.02 Å². The van der Waals surface area contributed by atoms with Gasteiger partial charge < -0.3 is 5.32 Å². The topological polar surface area (TPSA) is 29.1 Å². The Kier molecular flexibility index (Phi) is 4.04. The molecule has 2 nitrogen and oxygen atoms in total. The summed E-state index contributed by atoms with van der Waals surface area (Å²) in [4.78, 5) is 13.9. The molecule has 2 rings (SSSR count). The minimum Gasteiger partial charge on any atom is -0.345 e. The second-order valence-corrected chi connectivity index (χ2v) is 5.82. The van der Waals surface area contributed by atoms with Gasteiger partial charge in [-0.2, -0.15) is 0 Å². The smallest absolute Gasteiger partial charge is 0.261 e. The van der Waals surface area contributed by atoms with E-state index < -0.39 is 0 Å². The number of rotatable bonds is 3. The highest BCUT2D eigenvalue weighted by Crippen LogP contribution is 2.23. The highest BCUT2D eigenvalue weighted by atomic mass is 35.5. The molecule has 0 aliphatic rings. The minimum absolute atomic E-state index is 0.0551. The van der Waals surface area contributed by atoms with Crippen molar-refractivity contribution in [3.8, 4) is 0 Å². The van der Waals surface area contributed by atoms with E-state index in [9.17, 15) is 4.79 Å². The minimum atomic E-state index is -0.103. The lowest BCUT2D eigenvalue weighted by molar-refractivity contribution is 0.0944. The van der Waals surface area contributed by atoms with Gasteiger partial charge in [-0.3, -0.25) is 4.79 Å². The zero-order valence-corrected chi connectivity index (χ0v) is 11.8. The standard InChI is InChI=1S/C14H14ClNOS/c1-9-7-8-13(18-9)14(17)16-10(2)11-5-3-4-6-12(11)15/h3-8,10H,1-2H3,(H,16,17). The maximum Gasteiger partial charge on any atom is 0.261 e. The van der Waals surface area contributed by atoms with E-state index in [0.29, 0.717) is 5.02 Å². The molecule has 94 valence electrons. The Hall–Kier alpha value is -1.32. The van der Waals surface area contributed by atoms with Crippen LogP contribution in [0.25, 0.3) is 0 Å². The quantitative estimate of drug-likeness (QED) is 0.896. The van der Waals surface area contributed by atoms with E-state index in [1.165, 1.54) is 11.3 Å². The first kappa shape index (κ1) is 13.1. The lowest BCUT2D eigenvalue weighted by atomic mass is 10.1. The fourth-order valence-corrected chi connectivity index (χ4v) is 2.80. The van der Waals surface area contributed by atoms with Gasteiger partial charge in [-0.05, 0) is 37.6 Å². The molecule has 1 aromatic carbocycles. The zero-order valence-electron chi connectivity index (χ0n) is 10.2. The predicted octanol–water partition coefficient (Wildman–Crippen LogP) is 4.20. The Bertz CT molecular complexity index is 564. The monoisotopic (exact) mass is 279 g/mol.